The van der Waals surface area contributed by atoms with Crippen LogP contribution < -0.4 is 0 Å². The average molecular weight is 334 g/mol. The van der Waals surface area contributed by atoms with Gasteiger partial charge in [-0.3, -0.25) is 9.78 Å². The smallest absolute Gasteiger partial charge is 0.254 e. The summed E-state index contributed by atoms with van der Waals surface area (Å²) >= 11 is 0. The summed E-state index contributed by atoms with van der Waals surface area (Å²) in [7, 11) is 0. The lowest BCUT2D eigenvalue weighted by molar-refractivity contribution is 0.0788. The molecule has 3 heterocycles. The largest absolute Gasteiger partial charge is 0.339 e. The minimum atomic E-state index is -0.00520. The van der Waals surface area contributed by atoms with E-state index in [9.17, 15) is 4.79 Å². The molecule has 6 nitrogen and oxygen atoms in total. The van der Waals surface area contributed by atoms with Gasteiger partial charge in [0.1, 0.15) is 0 Å². The molecule has 1 aliphatic rings. The zero-order chi connectivity index (χ0) is 17.2. The molecule has 2 aromatic heterocycles. The number of aryl methyl sites for hydroxylation is 1. The van der Waals surface area contributed by atoms with Crippen molar-refractivity contribution < 1.29 is 9.32 Å². The number of nitrogens with zero attached hydrogens (tertiary/aromatic N) is 4. The van der Waals surface area contributed by atoms with Crippen molar-refractivity contribution in [3.8, 4) is 0 Å². The summed E-state index contributed by atoms with van der Waals surface area (Å²) < 4.78 is 5.42. The first-order valence-corrected chi connectivity index (χ1v) is 8.27. The van der Waals surface area contributed by atoms with E-state index >= 15 is 0 Å². The number of benzene rings is 1. The second-order valence-corrected chi connectivity index (χ2v) is 6.25. The Labute approximate surface area is 145 Å². The number of aromatic nitrogens is 3. The quantitative estimate of drug-likeness (QED) is 0.736. The molecule has 4 rings (SSSR count). The standard InChI is InChI=1S/C19H18N4O2/c1-13-21-18(25-22-13)17-12-23(19(24)15-7-9-20-10-8-15)11-16(17)14-5-3-2-4-6-14/h2-10,16-17H,11-12H2,1H3/t16-,17+/m0/s1. The molecule has 25 heavy (non-hydrogen) atoms. The van der Waals surface area contributed by atoms with Crippen molar-refractivity contribution in [2.24, 2.45) is 0 Å². The summed E-state index contributed by atoms with van der Waals surface area (Å²) in [5.74, 6) is 1.33. The molecule has 0 spiro atoms. The van der Waals surface area contributed by atoms with Crippen LogP contribution in [-0.2, 0) is 0 Å². The van der Waals surface area contributed by atoms with E-state index in [1.54, 1.807) is 31.5 Å². The topological polar surface area (TPSA) is 72.1 Å². The molecule has 126 valence electrons. The highest BCUT2D eigenvalue weighted by Gasteiger charge is 2.40. The Bertz CT molecular complexity index is 863. The molecule has 0 bridgehead atoms. The highest BCUT2D eigenvalue weighted by atomic mass is 16.5. The van der Waals surface area contributed by atoms with Gasteiger partial charge in [0.05, 0.1) is 5.92 Å². The average Bonchev–Trinajstić information content (AvgIpc) is 3.29. The maximum absolute atomic E-state index is 12.8. The Morgan fingerprint density at radius 3 is 2.48 bits per heavy atom. The van der Waals surface area contributed by atoms with Crippen molar-refractivity contribution >= 4 is 5.91 Å². The van der Waals surface area contributed by atoms with Crippen LogP contribution in [0.5, 0.6) is 0 Å². The van der Waals surface area contributed by atoms with Gasteiger partial charge in [0.2, 0.25) is 5.89 Å². The third-order valence-electron chi connectivity index (χ3n) is 4.62. The second kappa shape index (κ2) is 6.47. The summed E-state index contributed by atoms with van der Waals surface area (Å²) in [6, 6.07) is 13.7. The Morgan fingerprint density at radius 1 is 1.08 bits per heavy atom. The Hall–Kier alpha value is -3.02. The van der Waals surface area contributed by atoms with Crippen LogP contribution in [0.1, 0.15) is 39.5 Å². The van der Waals surface area contributed by atoms with Gasteiger partial charge in [0.15, 0.2) is 5.82 Å². The number of pyridine rings is 1. The Morgan fingerprint density at radius 2 is 1.80 bits per heavy atom. The van der Waals surface area contributed by atoms with Gasteiger partial charge in [-0.1, -0.05) is 35.5 Å². The number of amides is 1. The normalized spacial score (nSPS) is 20.0. The number of hydrogen-bond donors (Lipinski definition) is 0. The van der Waals surface area contributed by atoms with Gasteiger partial charge in [-0.2, -0.15) is 4.98 Å². The lowest BCUT2D eigenvalue weighted by Crippen LogP contribution is -2.28. The first kappa shape index (κ1) is 15.5. The third kappa shape index (κ3) is 3.03. The van der Waals surface area contributed by atoms with Crippen molar-refractivity contribution in [2.75, 3.05) is 13.1 Å². The van der Waals surface area contributed by atoms with E-state index in [1.165, 1.54) is 5.56 Å². The van der Waals surface area contributed by atoms with Gasteiger partial charge in [-0.25, -0.2) is 0 Å². The molecule has 1 saturated heterocycles. The van der Waals surface area contributed by atoms with Crippen molar-refractivity contribution in [3.63, 3.8) is 0 Å². The van der Waals surface area contributed by atoms with Crippen LogP contribution in [0.2, 0.25) is 0 Å². The van der Waals surface area contributed by atoms with E-state index in [2.05, 4.69) is 27.3 Å². The molecule has 1 fully saturated rings. The van der Waals surface area contributed by atoms with Crippen molar-refractivity contribution in [1.82, 2.24) is 20.0 Å². The Kier molecular flexibility index (Phi) is 4.01. The molecule has 0 N–H and O–H groups in total. The van der Waals surface area contributed by atoms with Crippen LogP contribution in [0.25, 0.3) is 0 Å². The van der Waals surface area contributed by atoms with Crippen molar-refractivity contribution in [3.05, 3.63) is 77.7 Å². The second-order valence-electron chi connectivity index (χ2n) is 6.25. The number of rotatable bonds is 3. The summed E-state index contributed by atoms with van der Waals surface area (Å²) in [6.07, 6.45) is 3.27. The zero-order valence-electron chi connectivity index (χ0n) is 13.9. The lowest BCUT2D eigenvalue weighted by Gasteiger charge is -2.16. The summed E-state index contributed by atoms with van der Waals surface area (Å²) in [6.45, 7) is 2.99. The molecule has 0 radical (unpaired) electrons. The lowest BCUT2D eigenvalue weighted by atomic mass is 9.89. The Balaban J connectivity index is 1.66. The van der Waals surface area contributed by atoms with E-state index in [-0.39, 0.29) is 17.7 Å². The molecule has 0 aliphatic carbocycles. The molecule has 1 aromatic carbocycles. The van der Waals surface area contributed by atoms with Crippen LogP contribution in [0, 0.1) is 6.92 Å². The fourth-order valence-corrected chi connectivity index (χ4v) is 3.40. The molecular weight excluding hydrogens is 316 g/mol. The van der Waals surface area contributed by atoms with E-state index in [4.69, 9.17) is 4.52 Å². The van der Waals surface area contributed by atoms with E-state index < -0.39 is 0 Å². The number of likely N-dealkylation sites (tertiary alicyclic amines) is 1. The van der Waals surface area contributed by atoms with E-state index in [1.807, 2.05) is 23.1 Å². The molecule has 6 heteroatoms. The van der Waals surface area contributed by atoms with Crippen LogP contribution in [-0.4, -0.2) is 39.0 Å². The van der Waals surface area contributed by atoms with Crippen LogP contribution in [0.4, 0.5) is 0 Å². The van der Waals surface area contributed by atoms with Gasteiger partial charge < -0.3 is 9.42 Å². The molecule has 1 aliphatic heterocycles. The van der Waals surface area contributed by atoms with Crippen LogP contribution in [0.15, 0.2) is 59.4 Å². The van der Waals surface area contributed by atoms with Gasteiger partial charge in [-0.15, -0.1) is 0 Å². The predicted octanol–water partition coefficient (Wildman–Crippen LogP) is 2.80. The van der Waals surface area contributed by atoms with Gasteiger partial charge in [-0.05, 0) is 24.6 Å². The summed E-state index contributed by atoms with van der Waals surface area (Å²) in [5.41, 5.74) is 1.82. The number of carbonyl (C=O) groups excluding carboxylic acids is 1. The predicted molar refractivity (Wildman–Crippen MR) is 91.1 cm³/mol. The molecule has 3 aromatic rings. The van der Waals surface area contributed by atoms with E-state index in [0.29, 0.717) is 30.4 Å². The van der Waals surface area contributed by atoms with Gasteiger partial charge >= 0.3 is 0 Å². The van der Waals surface area contributed by atoms with E-state index in [0.717, 1.165) is 0 Å². The first-order chi connectivity index (χ1) is 12.2. The fourth-order valence-electron chi connectivity index (χ4n) is 3.40. The minimum absolute atomic E-state index is 0.00192. The monoisotopic (exact) mass is 334 g/mol. The zero-order valence-corrected chi connectivity index (χ0v) is 13.9. The van der Waals surface area contributed by atoms with Crippen LogP contribution in [0.3, 0.4) is 0 Å². The third-order valence-corrected chi connectivity index (χ3v) is 4.62. The summed E-state index contributed by atoms with van der Waals surface area (Å²) in [4.78, 5) is 23.1. The first-order valence-electron chi connectivity index (χ1n) is 8.27. The van der Waals surface area contributed by atoms with Crippen molar-refractivity contribution in [1.29, 1.82) is 0 Å². The number of carbonyl (C=O) groups is 1. The summed E-state index contributed by atoms with van der Waals surface area (Å²) in [5, 5.41) is 3.92. The van der Waals surface area contributed by atoms with Crippen molar-refractivity contribution in [2.45, 2.75) is 18.8 Å². The van der Waals surface area contributed by atoms with Crippen LogP contribution >= 0.6 is 0 Å². The molecule has 2 atom stereocenters. The minimum Gasteiger partial charge on any atom is -0.339 e. The fraction of sp³-hybridized carbons (Fsp3) is 0.263. The highest BCUT2D eigenvalue weighted by molar-refractivity contribution is 5.94. The molecule has 0 unspecified atom stereocenters. The molecular formula is C19H18N4O2. The van der Waals surface area contributed by atoms with Gasteiger partial charge in [0, 0.05) is 37.0 Å². The highest BCUT2D eigenvalue weighted by Crippen LogP contribution is 2.39. The maximum atomic E-state index is 12.8. The molecule has 1 amide bonds. The maximum Gasteiger partial charge on any atom is 0.254 e. The molecule has 0 saturated carbocycles. The SMILES string of the molecule is Cc1noc([C@@H]2CN(C(=O)c3ccncc3)C[C@H]2c2ccccc2)n1. The number of hydrogen-bond acceptors (Lipinski definition) is 5. The van der Waals surface area contributed by atoms with Gasteiger partial charge in [0.25, 0.3) is 5.91 Å².